The predicted octanol–water partition coefficient (Wildman–Crippen LogP) is 3.98. The highest BCUT2D eigenvalue weighted by Crippen LogP contribution is 2.32. The van der Waals surface area contributed by atoms with Crippen LogP contribution in [0.5, 0.6) is 0 Å². The Morgan fingerprint density at radius 1 is 1.04 bits per heavy atom. The highest BCUT2D eigenvalue weighted by atomic mass is 16.6. The van der Waals surface area contributed by atoms with Crippen molar-refractivity contribution in [3.05, 3.63) is 88.2 Å². The van der Waals surface area contributed by atoms with E-state index in [4.69, 9.17) is 0 Å². The highest BCUT2D eigenvalue weighted by molar-refractivity contribution is 6.07. The molecule has 0 unspecified atom stereocenters. The van der Waals surface area contributed by atoms with Crippen LogP contribution in [0.2, 0.25) is 0 Å². The number of carbonyl (C=O) groups excluding carboxylic acids is 1. The minimum absolute atomic E-state index is 0.00421. The van der Waals surface area contributed by atoms with E-state index in [1.807, 2.05) is 47.3 Å². The van der Waals surface area contributed by atoms with Crippen molar-refractivity contribution in [3.8, 4) is 5.69 Å². The Morgan fingerprint density at radius 2 is 1.85 bits per heavy atom. The number of nitro benzene ring substituents is 1. The summed E-state index contributed by atoms with van der Waals surface area (Å²) < 4.78 is 1.94. The van der Waals surface area contributed by atoms with Crippen molar-refractivity contribution >= 4 is 17.3 Å². The van der Waals surface area contributed by atoms with Gasteiger partial charge in [0, 0.05) is 42.3 Å². The summed E-state index contributed by atoms with van der Waals surface area (Å²) in [6.45, 7) is 0.556. The van der Waals surface area contributed by atoms with Gasteiger partial charge in [-0.25, -0.2) is 0 Å². The van der Waals surface area contributed by atoms with Crippen LogP contribution in [0.4, 0.5) is 11.4 Å². The molecule has 0 bridgehead atoms. The molecule has 6 nitrogen and oxygen atoms in total. The van der Waals surface area contributed by atoms with E-state index in [0.29, 0.717) is 17.8 Å². The molecule has 4 rings (SSSR count). The van der Waals surface area contributed by atoms with Crippen LogP contribution < -0.4 is 4.90 Å². The fourth-order valence-electron chi connectivity index (χ4n) is 3.35. The number of aromatic nitrogens is 1. The lowest BCUT2D eigenvalue weighted by molar-refractivity contribution is -0.384. The molecule has 0 aliphatic carbocycles. The van der Waals surface area contributed by atoms with Crippen molar-refractivity contribution in [2.75, 3.05) is 11.4 Å². The molecule has 2 heterocycles. The largest absolute Gasteiger partial charge is 0.324 e. The van der Waals surface area contributed by atoms with Gasteiger partial charge < -0.3 is 9.47 Å². The third-order valence-corrected chi connectivity index (χ3v) is 4.64. The first-order valence-corrected chi connectivity index (χ1v) is 8.46. The van der Waals surface area contributed by atoms with Crippen molar-refractivity contribution < 1.29 is 9.72 Å². The minimum atomic E-state index is -0.426. The third-order valence-electron chi connectivity index (χ3n) is 4.64. The Bertz CT molecular complexity index is 980. The van der Waals surface area contributed by atoms with E-state index in [-0.39, 0.29) is 11.6 Å². The van der Waals surface area contributed by atoms with Crippen LogP contribution in [0, 0.1) is 10.1 Å². The summed E-state index contributed by atoms with van der Waals surface area (Å²) in [7, 11) is 0. The van der Waals surface area contributed by atoms with Crippen molar-refractivity contribution in [2.24, 2.45) is 0 Å². The molecular weight excluding hydrogens is 330 g/mol. The van der Waals surface area contributed by atoms with E-state index in [1.165, 1.54) is 12.1 Å². The van der Waals surface area contributed by atoms with Gasteiger partial charge in [0.15, 0.2) is 0 Å². The van der Waals surface area contributed by atoms with Gasteiger partial charge in [-0.2, -0.15) is 0 Å². The molecule has 0 spiro atoms. The maximum Gasteiger partial charge on any atom is 0.271 e. The lowest BCUT2D eigenvalue weighted by Crippen LogP contribution is -2.35. The maximum atomic E-state index is 13.1. The first-order valence-electron chi connectivity index (χ1n) is 8.46. The lowest BCUT2D eigenvalue weighted by Gasteiger charge is -2.29. The molecule has 130 valence electrons. The quantitative estimate of drug-likeness (QED) is 0.531. The Kier molecular flexibility index (Phi) is 4.01. The number of fused-ring (bicyclic) bond motifs is 1. The zero-order valence-electron chi connectivity index (χ0n) is 14.0. The van der Waals surface area contributed by atoms with Gasteiger partial charge in [0.25, 0.3) is 11.6 Å². The van der Waals surface area contributed by atoms with E-state index in [0.717, 1.165) is 24.1 Å². The molecule has 0 saturated heterocycles. The molecule has 1 aromatic heterocycles. The second-order valence-corrected chi connectivity index (χ2v) is 6.27. The number of hydrogen-bond acceptors (Lipinski definition) is 3. The van der Waals surface area contributed by atoms with Crippen LogP contribution in [0.1, 0.15) is 22.3 Å². The summed E-state index contributed by atoms with van der Waals surface area (Å²) in [6.07, 6.45) is 5.50. The molecule has 1 aliphatic rings. The molecule has 0 atom stereocenters. The fourth-order valence-corrected chi connectivity index (χ4v) is 3.35. The minimum Gasteiger partial charge on any atom is -0.324 e. The fraction of sp³-hybridized carbons (Fsp3) is 0.150. The molecule has 0 N–H and O–H groups in total. The van der Waals surface area contributed by atoms with Gasteiger partial charge in [-0.15, -0.1) is 0 Å². The Morgan fingerprint density at radius 3 is 2.62 bits per heavy atom. The highest BCUT2D eigenvalue weighted by Gasteiger charge is 2.25. The monoisotopic (exact) mass is 347 g/mol. The van der Waals surface area contributed by atoms with Crippen molar-refractivity contribution in [1.82, 2.24) is 4.57 Å². The molecule has 0 fully saturated rings. The van der Waals surface area contributed by atoms with Gasteiger partial charge >= 0.3 is 0 Å². The molecular formula is C20H17N3O3. The average molecular weight is 347 g/mol. The number of amides is 1. The topological polar surface area (TPSA) is 68.4 Å². The first-order chi connectivity index (χ1) is 12.6. The standard InChI is InChI=1S/C20H17N3O3/c24-20(16-5-3-7-17(13-16)21-10-1-2-11-21)22-12-4-6-15-8-9-18(23(25)26)14-19(15)22/h1-3,5,7-11,13-14H,4,6,12H2. The number of nitro groups is 1. The third kappa shape index (κ3) is 2.86. The zero-order valence-corrected chi connectivity index (χ0v) is 14.0. The van der Waals surface area contributed by atoms with E-state index in [1.54, 1.807) is 17.0 Å². The Labute approximate surface area is 150 Å². The summed E-state index contributed by atoms with van der Waals surface area (Å²) in [5, 5.41) is 11.1. The molecule has 0 radical (unpaired) electrons. The molecule has 3 aromatic rings. The number of aryl methyl sites for hydroxylation is 1. The average Bonchev–Trinajstić information content (AvgIpc) is 3.21. The van der Waals surface area contributed by atoms with E-state index < -0.39 is 4.92 Å². The number of rotatable bonds is 3. The van der Waals surface area contributed by atoms with Crippen LogP contribution in [-0.2, 0) is 6.42 Å². The molecule has 26 heavy (non-hydrogen) atoms. The van der Waals surface area contributed by atoms with Crippen LogP contribution in [0.25, 0.3) is 5.69 Å². The van der Waals surface area contributed by atoms with Crippen molar-refractivity contribution in [3.63, 3.8) is 0 Å². The van der Waals surface area contributed by atoms with Gasteiger partial charge in [-0.3, -0.25) is 14.9 Å². The Hall–Kier alpha value is -3.41. The molecule has 0 saturated carbocycles. The van der Waals surface area contributed by atoms with E-state index in [2.05, 4.69) is 0 Å². The van der Waals surface area contributed by atoms with Crippen LogP contribution in [0.3, 0.4) is 0 Å². The Balaban J connectivity index is 1.71. The number of nitrogens with zero attached hydrogens (tertiary/aromatic N) is 3. The normalized spacial score (nSPS) is 13.3. The predicted molar refractivity (Wildman–Crippen MR) is 98.9 cm³/mol. The van der Waals surface area contributed by atoms with Gasteiger partial charge in [-0.1, -0.05) is 12.1 Å². The summed E-state index contributed by atoms with van der Waals surface area (Å²) >= 11 is 0. The van der Waals surface area contributed by atoms with Crippen LogP contribution in [-0.4, -0.2) is 21.9 Å². The number of carbonyl (C=O) groups is 1. The second-order valence-electron chi connectivity index (χ2n) is 6.27. The zero-order chi connectivity index (χ0) is 18.1. The van der Waals surface area contributed by atoms with E-state index >= 15 is 0 Å². The van der Waals surface area contributed by atoms with Crippen LogP contribution in [0.15, 0.2) is 67.0 Å². The molecule has 2 aromatic carbocycles. The maximum absolute atomic E-state index is 13.1. The molecule has 1 aliphatic heterocycles. The summed E-state index contributed by atoms with van der Waals surface area (Å²) in [5.41, 5.74) is 3.08. The van der Waals surface area contributed by atoms with Crippen molar-refractivity contribution in [1.29, 1.82) is 0 Å². The smallest absolute Gasteiger partial charge is 0.271 e. The summed E-state index contributed by atoms with van der Waals surface area (Å²) in [5.74, 6) is -0.138. The lowest BCUT2D eigenvalue weighted by atomic mass is 10.00. The first kappa shape index (κ1) is 16.1. The second kappa shape index (κ2) is 6.48. The van der Waals surface area contributed by atoms with Gasteiger partial charge in [0.2, 0.25) is 0 Å². The van der Waals surface area contributed by atoms with Gasteiger partial charge in [0.1, 0.15) is 0 Å². The molecule has 6 heteroatoms. The SMILES string of the molecule is O=C(c1cccc(-n2cccc2)c1)N1CCCc2ccc([N+](=O)[O-])cc21. The number of non-ortho nitro benzene ring substituents is 1. The van der Waals surface area contributed by atoms with Crippen molar-refractivity contribution in [2.45, 2.75) is 12.8 Å². The van der Waals surface area contributed by atoms with Gasteiger partial charge in [0.05, 0.1) is 10.6 Å². The van der Waals surface area contributed by atoms with Gasteiger partial charge in [-0.05, 0) is 48.7 Å². The van der Waals surface area contributed by atoms with E-state index in [9.17, 15) is 14.9 Å². The van der Waals surface area contributed by atoms with Crippen LogP contribution >= 0.6 is 0 Å². The number of benzene rings is 2. The number of hydrogen-bond donors (Lipinski definition) is 0. The summed E-state index contributed by atoms with van der Waals surface area (Å²) in [4.78, 5) is 25.4. The molecule has 1 amide bonds. The number of anilines is 1. The summed E-state index contributed by atoms with van der Waals surface area (Å²) in [6, 6.07) is 16.0.